The number of aromatic carboxylic acids is 1. The maximum atomic E-state index is 14.8. The zero-order valence-corrected chi connectivity index (χ0v) is 14.6. The topological polar surface area (TPSA) is 101 Å². The van der Waals surface area contributed by atoms with Crippen molar-refractivity contribution in [2.24, 2.45) is 5.73 Å². The summed E-state index contributed by atoms with van der Waals surface area (Å²) < 4.78 is 29.4. The first kappa shape index (κ1) is 18.1. The monoisotopic (exact) mass is 386 g/mol. The molecule has 0 aliphatic carbocycles. The normalized spacial score (nSPS) is 16.7. The lowest BCUT2D eigenvalue weighted by atomic mass is 10.1. The number of carboxylic acid groups (broad SMARTS) is 1. The summed E-state index contributed by atoms with van der Waals surface area (Å²) >= 11 is 0. The molecule has 0 saturated carbocycles. The molecule has 1 aliphatic heterocycles. The number of benzene rings is 1. The molecule has 0 spiro atoms. The molecule has 0 amide bonds. The van der Waals surface area contributed by atoms with E-state index < -0.39 is 28.6 Å². The number of hydrogen-bond donors (Lipinski definition) is 2. The number of rotatable bonds is 3. The van der Waals surface area contributed by atoms with E-state index in [0.717, 1.165) is 24.5 Å². The fourth-order valence-electron chi connectivity index (χ4n) is 3.44. The lowest BCUT2D eigenvalue weighted by Crippen LogP contribution is -2.27. The minimum Gasteiger partial charge on any atom is -0.477 e. The maximum Gasteiger partial charge on any atom is 0.341 e. The van der Waals surface area contributed by atoms with E-state index in [9.17, 15) is 23.5 Å². The van der Waals surface area contributed by atoms with E-state index in [-0.39, 0.29) is 28.5 Å². The van der Waals surface area contributed by atoms with Crippen LogP contribution in [-0.2, 0) is 0 Å². The first-order chi connectivity index (χ1) is 13.3. The second-order valence-corrected chi connectivity index (χ2v) is 6.70. The van der Waals surface area contributed by atoms with Crippen LogP contribution in [0.5, 0.6) is 0 Å². The van der Waals surface area contributed by atoms with Crippen molar-refractivity contribution in [2.75, 3.05) is 18.0 Å². The molecular weight excluding hydrogens is 370 g/mol. The number of carbonyl (C=O) groups is 1. The van der Waals surface area contributed by atoms with Crippen molar-refractivity contribution in [1.82, 2.24) is 9.55 Å². The average Bonchev–Trinajstić information content (AvgIpc) is 3.09. The van der Waals surface area contributed by atoms with Crippen molar-refractivity contribution in [1.29, 1.82) is 0 Å². The third-order valence-electron chi connectivity index (χ3n) is 4.83. The summed E-state index contributed by atoms with van der Waals surface area (Å²) in [7, 11) is 0. The molecule has 28 heavy (non-hydrogen) atoms. The largest absolute Gasteiger partial charge is 0.477 e. The van der Waals surface area contributed by atoms with Gasteiger partial charge in [0.05, 0.1) is 22.8 Å². The Balaban J connectivity index is 2.02. The lowest BCUT2D eigenvalue weighted by molar-refractivity contribution is 0.0695. The molecule has 7 nitrogen and oxygen atoms in total. The number of halogens is 2. The van der Waals surface area contributed by atoms with E-state index in [1.54, 1.807) is 4.90 Å². The van der Waals surface area contributed by atoms with E-state index >= 15 is 0 Å². The number of nitrogens with zero attached hydrogens (tertiary/aromatic N) is 3. The summed E-state index contributed by atoms with van der Waals surface area (Å²) in [5.74, 6) is -2.45. The van der Waals surface area contributed by atoms with Crippen molar-refractivity contribution < 1.29 is 18.7 Å². The Morgan fingerprint density at radius 2 is 2.07 bits per heavy atom. The molecule has 0 radical (unpaired) electrons. The highest BCUT2D eigenvalue weighted by molar-refractivity contribution is 5.94. The van der Waals surface area contributed by atoms with Gasteiger partial charge in [0.2, 0.25) is 5.43 Å². The molecule has 3 heterocycles. The van der Waals surface area contributed by atoms with Crippen LogP contribution in [0.4, 0.5) is 14.5 Å². The first-order valence-electron chi connectivity index (χ1n) is 8.60. The SMILES string of the molecule is NC1CCN(c2cc3c(cc2F)c(=O)c(C(=O)O)cn3-c2ccc(F)cn2)C1. The quantitative estimate of drug-likeness (QED) is 0.713. The van der Waals surface area contributed by atoms with Crippen LogP contribution in [0.15, 0.2) is 41.5 Å². The molecule has 3 aromatic rings. The van der Waals surface area contributed by atoms with Gasteiger partial charge in [-0.2, -0.15) is 0 Å². The Bertz CT molecular complexity index is 1140. The highest BCUT2D eigenvalue weighted by atomic mass is 19.1. The molecule has 1 saturated heterocycles. The molecule has 144 valence electrons. The van der Waals surface area contributed by atoms with Gasteiger partial charge < -0.3 is 20.3 Å². The predicted molar refractivity (Wildman–Crippen MR) is 99.0 cm³/mol. The van der Waals surface area contributed by atoms with Gasteiger partial charge in [0.15, 0.2) is 0 Å². The molecule has 1 atom stereocenters. The van der Waals surface area contributed by atoms with E-state index in [1.807, 2.05) is 0 Å². The second kappa shape index (κ2) is 6.68. The third kappa shape index (κ3) is 2.99. The highest BCUT2D eigenvalue weighted by Gasteiger charge is 2.24. The van der Waals surface area contributed by atoms with Crippen molar-refractivity contribution in [3.8, 4) is 5.82 Å². The molecule has 1 aromatic carbocycles. The summed E-state index contributed by atoms with van der Waals surface area (Å²) in [6.45, 7) is 1.03. The summed E-state index contributed by atoms with van der Waals surface area (Å²) in [5, 5.41) is 9.26. The number of anilines is 1. The zero-order chi connectivity index (χ0) is 20.0. The van der Waals surface area contributed by atoms with Crippen LogP contribution in [0.25, 0.3) is 16.7 Å². The first-order valence-corrected chi connectivity index (χ1v) is 8.60. The van der Waals surface area contributed by atoms with Crippen molar-refractivity contribution >= 4 is 22.6 Å². The molecule has 1 fully saturated rings. The molecule has 9 heteroatoms. The second-order valence-electron chi connectivity index (χ2n) is 6.70. The number of nitrogens with two attached hydrogens (primary N) is 1. The average molecular weight is 386 g/mol. The van der Waals surface area contributed by atoms with Crippen molar-refractivity contribution in [3.63, 3.8) is 0 Å². The Morgan fingerprint density at radius 1 is 1.29 bits per heavy atom. The van der Waals surface area contributed by atoms with Gasteiger partial charge in [0.1, 0.15) is 23.0 Å². The van der Waals surface area contributed by atoms with Gasteiger partial charge in [-0.15, -0.1) is 0 Å². The Labute approximate surface area is 157 Å². The minimum atomic E-state index is -1.45. The smallest absolute Gasteiger partial charge is 0.341 e. The number of carboxylic acids is 1. The number of hydrogen-bond acceptors (Lipinski definition) is 5. The van der Waals surface area contributed by atoms with Gasteiger partial charge >= 0.3 is 5.97 Å². The number of fused-ring (bicyclic) bond motifs is 1. The predicted octanol–water partition coefficient (Wildman–Crippen LogP) is 1.90. The van der Waals surface area contributed by atoms with E-state index in [2.05, 4.69) is 4.98 Å². The minimum absolute atomic E-state index is 0.0783. The van der Waals surface area contributed by atoms with Gasteiger partial charge in [-0.05, 0) is 30.7 Å². The summed E-state index contributed by atoms with van der Waals surface area (Å²) in [6.07, 6.45) is 2.80. The standard InChI is InChI=1S/C19H16F2N4O3/c20-10-1-2-17(23-7-10)25-9-13(19(27)28)18(26)12-5-14(21)16(6-15(12)25)24-4-3-11(22)8-24/h1-2,5-7,9,11H,3-4,8,22H2,(H,27,28). The lowest BCUT2D eigenvalue weighted by Gasteiger charge is -2.20. The van der Waals surface area contributed by atoms with Crippen LogP contribution in [0.3, 0.4) is 0 Å². The van der Waals surface area contributed by atoms with Crippen LogP contribution >= 0.6 is 0 Å². The van der Waals surface area contributed by atoms with Gasteiger partial charge in [-0.1, -0.05) is 0 Å². The van der Waals surface area contributed by atoms with E-state index in [0.29, 0.717) is 19.5 Å². The van der Waals surface area contributed by atoms with E-state index in [1.165, 1.54) is 16.7 Å². The van der Waals surface area contributed by atoms with E-state index in [4.69, 9.17) is 5.73 Å². The Kier molecular flexibility index (Phi) is 4.31. The Morgan fingerprint density at radius 3 is 2.68 bits per heavy atom. The highest BCUT2D eigenvalue weighted by Crippen LogP contribution is 2.28. The zero-order valence-electron chi connectivity index (χ0n) is 14.6. The van der Waals surface area contributed by atoms with Gasteiger partial charge in [-0.25, -0.2) is 18.6 Å². The van der Waals surface area contributed by atoms with Crippen LogP contribution in [0.1, 0.15) is 16.8 Å². The fourth-order valence-corrected chi connectivity index (χ4v) is 3.44. The molecule has 0 bridgehead atoms. The van der Waals surface area contributed by atoms with Crippen LogP contribution in [-0.4, -0.2) is 39.8 Å². The van der Waals surface area contributed by atoms with Crippen LogP contribution in [0.2, 0.25) is 0 Å². The number of pyridine rings is 2. The molecule has 1 unspecified atom stereocenters. The number of aromatic nitrogens is 2. The van der Waals surface area contributed by atoms with Gasteiger partial charge in [-0.3, -0.25) is 4.79 Å². The maximum absolute atomic E-state index is 14.8. The summed E-state index contributed by atoms with van der Waals surface area (Å²) in [6, 6.07) is 4.94. The molecule has 3 N–H and O–H groups in total. The van der Waals surface area contributed by atoms with Crippen molar-refractivity contribution in [2.45, 2.75) is 12.5 Å². The third-order valence-corrected chi connectivity index (χ3v) is 4.83. The van der Waals surface area contributed by atoms with Crippen LogP contribution in [0, 0.1) is 11.6 Å². The van der Waals surface area contributed by atoms with Crippen molar-refractivity contribution in [3.05, 3.63) is 64.1 Å². The molecule has 2 aromatic heterocycles. The molecule has 1 aliphatic rings. The van der Waals surface area contributed by atoms with Crippen LogP contribution < -0.4 is 16.1 Å². The fraction of sp³-hybridized carbons (Fsp3) is 0.211. The summed E-state index contributed by atoms with van der Waals surface area (Å²) in [5.41, 5.74) is 5.10. The van der Waals surface area contributed by atoms with Gasteiger partial charge in [0.25, 0.3) is 0 Å². The van der Waals surface area contributed by atoms with Gasteiger partial charge in [0, 0.05) is 25.3 Å². The molecular formula is C19H16F2N4O3. The molecule has 4 rings (SSSR count). The summed E-state index contributed by atoms with van der Waals surface area (Å²) in [4.78, 5) is 29.8. The Hall–Kier alpha value is -3.33.